The largest absolute Gasteiger partial charge is 0.303 e. The maximum atomic E-state index is 11.5. The molecule has 0 unspecified atom stereocenters. The van der Waals surface area contributed by atoms with Gasteiger partial charge in [-0.15, -0.1) is 0 Å². The van der Waals surface area contributed by atoms with E-state index in [2.05, 4.69) is 52.9 Å². The van der Waals surface area contributed by atoms with Crippen LogP contribution in [0, 0.1) is 5.92 Å². The van der Waals surface area contributed by atoms with E-state index in [9.17, 15) is 4.79 Å². The molecular formula is C16H29NO. The van der Waals surface area contributed by atoms with E-state index in [1.54, 1.807) is 6.92 Å². The smallest absolute Gasteiger partial charge is 0.146 e. The number of allylic oxidation sites excluding steroid dienone is 3. The minimum Gasteiger partial charge on any atom is -0.303 e. The Labute approximate surface area is 113 Å². The Balaban J connectivity index is 4.75. The maximum absolute atomic E-state index is 11.5. The summed E-state index contributed by atoms with van der Waals surface area (Å²) in [5, 5.41) is 3.39. The third-order valence-corrected chi connectivity index (χ3v) is 3.13. The molecule has 18 heavy (non-hydrogen) atoms. The van der Waals surface area contributed by atoms with Crippen molar-refractivity contribution in [3.8, 4) is 0 Å². The molecule has 0 aliphatic carbocycles. The first-order chi connectivity index (χ1) is 8.29. The molecular weight excluding hydrogens is 222 g/mol. The van der Waals surface area contributed by atoms with Crippen LogP contribution in [0.25, 0.3) is 0 Å². The van der Waals surface area contributed by atoms with Gasteiger partial charge < -0.3 is 5.32 Å². The summed E-state index contributed by atoms with van der Waals surface area (Å²) in [7, 11) is 0. The van der Waals surface area contributed by atoms with Gasteiger partial charge in [-0.25, -0.2) is 0 Å². The summed E-state index contributed by atoms with van der Waals surface area (Å²) in [5.41, 5.74) is 4.00. The second-order valence-corrected chi connectivity index (χ2v) is 5.58. The molecule has 0 spiro atoms. The Morgan fingerprint density at radius 3 is 2.06 bits per heavy atom. The van der Waals surface area contributed by atoms with Gasteiger partial charge in [-0.3, -0.25) is 4.79 Å². The molecule has 0 saturated heterocycles. The van der Waals surface area contributed by atoms with Crippen molar-refractivity contribution in [1.29, 1.82) is 0 Å². The number of Topliss-reactive ketones (excluding diaryl/α,β-unsaturated/α-hetero) is 1. The lowest BCUT2D eigenvalue weighted by atomic mass is 9.99. The highest BCUT2D eigenvalue weighted by molar-refractivity contribution is 5.81. The van der Waals surface area contributed by atoms with Crippen molar-refractivity contribution in [3.63, 3.8) is 0 Å². The van der Waals surface area contributed by atoms with Crippen LogP contribution in [0.5, 0.6) is 0 Å². The van der Waals surface area contributed by atoms with Crippen LogP contribution >= 0.6 is 0 Å². The Hall–Kier alpha value is -0.890. The maximum Gasteiger partial charge on any atom is 0.146 e. The molecule has 0 rings (SSSR count). The SMILES string of the molecule is CC/C(CN[C@@H](C(C)=O)C(C)C)=C(/C)C=C(C)C. The first-order valence-corrected chi connectivity index (χ1v) is 6.86. The molecule has 0 saturated carbocycles. The molecule has 0 aromatic carbocycles. The number of ketones is 1. The van der Waals surface area contributed by atoms with E-state index < -0.39 is 0 Å². The van der Waals surface area contributed by atoms with E-state index in [1.165, 1.54) is 16.7 Å². The lowest BCUT2D eigenvalue weighted by Gasteiger charge is -2.21. The minimum absolute atomic E-state index is 0.0361. The Morgan fingerprint density at radius 1 is 1.17 bits per heavy atom. The first-order valence-electron chi connectivity index (χ1n) is 6.86. The normalized spacial score (nSPS) is 14.2. The number of hydrogen-bond donors (Lipinski definition) is 1. The Morgan fingerprint density at radius 2 is 1.72 bits per heavy atom. The van der Waals surface area contributed by atoms with E-state index in [-0.39, 0.29) is 11.8 Å². The zero-order valence-electron chi connectivity index (χ0n) is 13.1. The molecule has 104 valence electrons. The predicted octanol–water partition coefficient (Wildman–Crippen LogP) is 3.88. The van der Waals surface area contributed by atoms with Crippen molar-refractivity contribution < 1.29 is 4.79 Å². The fourth-order valence-electron chi connectivity index (χ4n) is 2.16. The van der Waals surface area contributed by atoms with Crippen LogP contribution < -0.4 is 5.32 Å². The first kappa shape index (κ1) is 17.1. The van der Waals surface area contributed by atoms with Crippen molar-refractivity contribution in [1.82, 2.24) is 5.32 Å². The lowest BCUT2D eigenvalue weighted by Crippen LogP contribution is -2.40. The fraction of sp³-hybridized carbons (Fsp3) is 0.688. The third kappa shape index (κ3) is 6.15. The van der Waals surface area contributed by atoms with Gasteiger partial charge >= 0.3 is 0 Å². The highest BCUT2D eigenvalue weighted by Crippen LogP contribution is 2.12. The van der Waals surface area contributed by atoms with Crippen LogP contribution in [-0.4, -0.2) is 18.4 Å². The van der Waals surface area contributed by atoms with Crippen LogP contribution in [-0.2, 0) is 4.79 Å². The van der Waals surface area contributed by atoms with Crippen LogP contribution in [0.3, 0.4) is 0 Å². The molecule has 0 radical (unpaired) electrons. The van der Waals surface area contributed by atoms with E-state index in [1.807, 2.05) is 0 Å². The van der Waals surface area contributed by atoms with Crippen LogP contribution in [0.4, 0.5) is 0 Å². The van der Waals surface area contributed by atoms with Gasteiger partial charge in [0, 0.05) is 6.54 Å². The van der Waals surface area contributed by atoms with Crippen LogP contribution in [0.1, 0.15) is 54.9 Å². The van der Waals surface area contributed by atoms with E-state index in [0.717, 1.165) is 13.0 Å². The average Bonchev–Trinajstić information content (AvgIpc) is 2.21. The van der Waals surface area contributed by atoms with Gasteiger partial charge in [-0.1, -0.05) is 43.6 Å². The topological polar surface area (TPSA) is 29.1 Å². The van der Waals surface area contributed by atoms with Gasteiger partial charge in [0.15, 0.2) is 0 Å². The molecule has 2 nitrogen and oxygen atoms in total. The Kier molecular flexibility index (Phi) is 7.85. The zero-order chi connectivity index (χ0) is 14.3. The molecule has 0 amide bonds. The van der Waals surface area contributed by atoms with Crippen molar-refractivity contribution in [2.75, 3.05) is 6.54 Å². The van der Waals surface area contributed by atoms with Crippen molar-refractivity contribution in [3.05, 3.63) is 22.8 Å². The van der Waals surface area contributed by atoms with E-state index in [4.69, 9.17) is 0 Å². The standard InChI is InChI=1S/C16H29NO/c1-8-15(13(6)9-11(2)3)10-17-16(12(4)5)14(7)18/h9,12,16-17H,8,10H2,1-7H3/b15-13+/t16-/m1/s1. The molecule has 1 atom stereocenters. The van der Waals surface area contributed by atoms with E-state index in [0.29, 0.717) is 5.92 Å². The monoisotopic (exact) mass is 251 g/mol. The van der Waals surface area contributed by atoms with Crippen LogP contribution in [0.2, 0.25) is 0 Å². The molecule has 0 aliphatic rings. The molecule has 0 aromatic rings. The fourth-order valence-corrected chi connectivity index (χ4v) is 2.16. The number of rotatable bonds is 7. The van der Waals surface area contributed by atoms with Crippen LogP contribution in [0.15, 0.2) is 22.8 Å². The highest BCUT2D eigenvalue weighted by Gasteiger charge is 2.17. The average molecular weight is 251 g/mol. The summed E-state index contributed by atoms with van der Waals surface area (Å²) in [6.07, 6.45) is 3.23. The quantitative estimate of drug-likeness (QED) is 0.696. The van der Waals surface area contributed by atoms with Crippen molar-refractivity contribution in [2.24, 2.45) is 5.92 Å². The summed E-state index contributed by atoms with van der Waals surface area (Å²) >= 11 is 0. The number of carbonyl (C=O) groups is 1. The van der Waals surface area contributed by atoms with Gasteiger partial charge in [0.2, 0.25) is 0 Å². The molecule has 0 aromatic heterocycles. The number of hydrogen-bond acceptors (Lipinski definition) is 2. The minimum atomic E-state index is -0.0361. The van der Waals surface area contributed by atoms with Crippen molar-refractivity contribution in [2.45, 2.75) is 60.9 Å². The third-order valence-electron chi connectivity index (χ3n) is 3.13. The number of nitrogens with one attached hydrogen (secondary N) is 1. The Bertz CT molecular complexity index is 333. The molecule has 0 aliphatic heterocycles. The second-order valence-electron chi connectivity index (χ2n) is 5.58. The summed E-state index contributed by atoms with van der Waals surface area (Å²) in [6, 6.07) is -0.0361. The lowest BCUT2D eigenvalue weighted by molar-refractivity contribution is -0.119. The van der Waals surface area contributed by atoms with Gasteiger partial charge in [-0.2, -0.15) is 0 Å². The van der Waals surface area contributed by atoms with Gasteiger partial charge in [0.1, 0.15) is 5.78 Å². The second kappa shape index (κ2) is 8.25. The summed E-state index contributed by atoms with van der Waals surface area (Å²) in [6.45, 7) is 15.1. The van der Waals surface area contributed by atoms with Crippen molar-refractivity contribution >= 4 is 5.78 Å². The summed E-state index contributed by atoms with van der Waals surface area (Å²) < 4.78 is 0. The molecule has 0 bridgehead atoms. The molecule has 0 fully saturated rings. The highest BCUT2D eigenvalue weighted by atomic mass is 16.1. The molecule has 0 heterocycles. The number of carbonyl (C=O) groups excluding carboxylic acids is 1. The molecule has 1 N–H and O–H groups in total. The van der Waals surface area contributed by atoms with Gasteiger partial charge in [-0.05, 0) is 40.0 Å². The molecule has 2 heteroatoms. The van der Waals surface area contributed by atoms with Gasteiger partial charge in [0.25, 0.3) is 0 Å². The zero-order valence-corrected chi connectivity index (χ0v) is 13.1. The summed E-state index contributed by atoms with van der Waals surface area (Å²) in [4.78, 5) is 11.5. The predicted molar refractivity (Wildman–Crippen MR) is 79.7 cm³/mol. The summed E-state index contributed by atoms with van der Waals surface area (Å²) in [5.74, 6) is 0.560. The van der Waals surface area contributed by atoms with E-state index >= 15 is 0 Å². The van der Waals surface area contributed by atoms with Gasteiger partial charge in [0.05, 0.1) is 6.04 Å².